The predicted molar refractivity (Wildman–Crippen MR) is 165 cm³/mol. The first kappa shape index (κ1) is 22.0. The van der Waals surface area contributed by atoms with E-state index in [2.05, 4.69) is 156 Å². The second kappa shape index (κ2) is 8.47. The van der Waals surface area contributed by atoms with Gasteiger partial charge in [-0.2, -0.15) is 0 Å². The van der Waals surface area contributed by atoms with Crippen molar-refractivity contribution in [2.45, 2.75) is 6.92 Å². The van der Waals surface area contributed by atoms with E-state index >= 15 is 0 Å². The van der Waals surface area contributed by atoms with Gasteiger partial charge >= 0.3 is 0 Å². The van der Waals surface area contributed by atoms with Gasteiger partial charge in [-0.15, -0.1) is 0 Å². The minimum atomic E-state index is 1.17. The fraction of sp³-hybridized carbons (Fsp3) is 0.0270. The van der Waals surface area contributed by atoms with E-state index in [0.29, 0.717) is 0 Å². The molecule has 0 atom stereocenters. The second-order valence-electron chi connectivity index (χ2n) is 10.3. The van der Waals surface area contributed by atoms with E-state index < -0.39 is 0 Å². The van der Waals surface area contributed by atoms with Crippen molar-refractivity contribution in [2.24, 2.45) is 0 Å². The zero-order valence-electron chi connectivity index (χ0n) is 21.7. The molecule has 0 fully saturated rings. The number of aryl methyl sites for hydroxylation is 1. The lowest BCUT2D eigenvalue weighted by molar-refractivity contribution is 1.17. The lowest BCUT2D eigenvalue weighted by Gasteiger charge is -2.10. The molecule has 0 aliphatic heterocycles. The Morgan fingerprint density at radius 1 is 0.410 bits per heavy atom. The van der Waals surface area contributed by atoms with Gasteiger partial charge < -0.3 is 9.13 Å². The number of aromatic nitrogens is 2. The highest BCUT2D eigenvalue weighted by Gasteiger charge is 2.21. The van der Waals surface area contributed by atoms with Crippen molar-refractivity contribution in [3.05, 3.63) is 145 Å². The maximum absolute atomic E-state index is 2.46. The Labute approximate surface area is 227 Å². The molecule has 0 radical (unpaired) electrons. The molecule has 0 N–H and O–H groups in total. The molecule has 0 unspecified atom stereocenters. The van der Waals surface area contributed by atoms with Gasteiger partial charge in [0, 0.05) is 32.9 Å². The lowest BCUT2D eigenvalue weighted by Crippen LogP contribution is -1.95. The van der Waals surface area contributed by atoms with Crippen LogP contribution in [0, 0.1) is 6.92 Å². The van der Waals surface area contributed by atoms with Crippen LogP contribution in [0.1, 0.15) is 5.56 Å². The number of hydrogen-bond acceptors (Lipinski definition) is 0. The second-order valence-corrected chi connectivity index (χ2v) is 10.3. The van der Waals surface area contributed by atoms with Crippen LogP contribution in [0.4, 0.5) is 0 Å². The quantitative estimate of drug-likeness (QED) is 0.229. The van der Waals surface area contributed by atoms with Gasteiger partial charge in [0.1, 0.15) is 0 Å². The minimum absolute atomic E-state index is 1.17. The molecular formula is C37H26N2. The molecule has 0 aliphatic rings. The summed E-state index contributed by atoms with van der Waals surface area (Å²) in [5.74, 6) is 0. The predicted octanol–water partition coefficient (Wildman–Crippen LogP) is 9.86. The molecule has 2 heterocycles. The summed E-state index contributed by atoms with van der Waals surface area (Å²) in [7, 11) is 0. The van der Waals surface area contributed by atoms with Crippen LogP contribution in [0.2, 0.25) is 0 Å². The van der Waals surface area contributed by atoms with Crippen LogP contribution >= 0.6 is 0 Å². The highest BCUT2D eigenvalue weighted by molar-refractivity contribution is 6.26. The molecule has 0 aliphatic carbocycles. The topological polar surface area (TPSA) is 9.86 Å². The van der Waals surface area contributed by atoms with Gasteiger partial charge in [0.05, 0.1) is 22.1 Å². The number of rotatable bonds is 3. The van der Waals surface area contributed by atoms with Crippen LogP contribution in [-0.2, 0) is 0 Å². The van der Waals surface area contributed by atoms with E-state index in [1.54, 1.807) is 0 Å². The first-order chi connectivity index (χ1) is 19.3. The number of fused-ring (bicyclic) bond motifs is 7. The van der Waals surface area contributed by atoms with Gasteiger partial charge in [-0.25, -0.2) is 0 Å². The van der Waals surface area contributed by atoms with Gasteiger partial charge in [-0.1, -0.05) is 96.6 Å². The summed E-state index contributed by atoms with van der Waals surface area (Å²) in [5, 5.41) is 5.09. The molecular weight excluding hydrogens is 472 g/mol. The molecule has 0 spiro atoms. The van der Waals surface area contributed by atoms with Crippen LogP contribution < -0.4 is 0 Å². The van der Waals surface area contributed by atoms with Crippen molar-refractivity contribution in [3.8, 4) is 22.5 Å². The Kier molecular flexibility index (Phi) is 4.77. The van der Waals surface area contributed by atoms with Crippen molar-refractivity contribution in [3.63, 3.8) is 0 Å². The third-order valence-corrected chi connectivity index (χ3v) is 7.98. The highest BCUT2D eigenvalue weighted by atomic mass is 15.0. The van der Waals surface area contributed by atoms with E-state index in [0.717, 1.165) is 0 Å². The molecule has 0 amide bonds. The van der Waals surface area contributed by atoms with Crippen LogP contribution in [0.3, 0.4) is 0 Å². The molecule has 0 bridgehead atoms. The number of nitrogens with zero attached hydrogens (tertiary/aromatic N) is 2. The molecule has 6 aromatic carbocycles. The maximum atomic E-state index is 2.46. The average Bonchev–Trinajstić information content (AvgIpc) is 3.51. The Morgan fingerprint density at radius 3 is 1.85 bits per heavy atom. The van der Waals surface area contributed by atoms with Gasteiger partial charge in [0.15, 0.2) is 0 Å². The van der Waals surface area contributed by atoms with Crippen LogP contribution in [-0.4, -0.2) is 9.13 Å². The monoisotopic (exact) mass is 498 g/mol. The van der Waals surface area contributed by atoms with E-state index in [4.69, 9.17) is 0 Å². The first-order valence-electron chi connectivity index (χ1n) is 13.5. The standard InChI is InChI=1S/C37H26N2/c1-25-16-19-29(20-17-25)39-34-22-18-27(26-10-4-2-5-11-26)24-32(34)30-21-23-35-36(37(30)39)31-14-8-9-15-33(31)38(35)28-12-6-3-7-13-28/h2-24H,1H3. The number of benzene rings is 6. The molecule has 0 saturated heterocycles. The smallest absolute Gasteiger partial charge is 0.0641 e. The summed E-state index contributed by atoms with van der Waals surface area (Å²) < 4.78 is 4.86. The molecule has 2 aromatic heterocycles. The zero-order chi connectivity index (χ0) is 25.9. The van der Waals surface area contributed by atoms with Crippen molar-refractivity contribution in [1.29, 1.82) is 0 Å². The largest absolute Gasteiger partial charge is 0.309 e. The first-order valence-corrected chi connectivity index (χ1v) is 13.5. The summed E-state index contributed by atoms with van der Waals surface area (Å²) in [6, 6.07) is 50.6. The Balaban J connectivity index is 1.57. The molecule has 0 saturated carbocycles. The number of hydrogen-bond donors (Lipinski definition) is 0. The van der Waals surface area contributed by atoms with Crippen molar-refractivity contribution >= 4 is 43.6 Å². The third kappa shape index (κ3) is 3.28. The SMILES string of the molecule is Cc1ccc(-n2c3ccc(-c4ccccc4)cc3c3ccc4c(c5ccccc5n4-c4ccccc4)c32)cc1. The zero-order valence-corrected chi connectivity index (χ0v) is 21.7. The Morgan fingerprint density at radius 2 is 1.05 bits per heavy atom. The molecule has 39 heavy (non-hydrogen) atoms. The number of para-hydroxylation sites is 2. The van der Waals surface area contributed by atoms with E-state index in [9.17, 15) is 0 Å². The van der Waals surface area contributed by atoms with Crippen LogP contribution in [0.25, 0.3) is 66.1 Å². The Bertz CT molecular complexity index is 2150. The Hall–Kier alpha value is -5.08. The fourth-order valence-electron chi connectivity index (χ4n) is 6.19. The van der Waals surface area contributed by atoms with E-state index in [1.165, 1.54) is 71.7 Å². The summed E-state index contributed by atoms with van der Waals surface area (Å²) in [6.45, 7) is 2.15. The van der Waals surface area contributed by atoms with Crippen LogP contribution in [0.5, 0.6) is 0 Å². The lowest BCUT2D eigenvalue weighted by atomic mass is 10.0. The average molecular weight is 499 g/mol. The third-order valence-electron chi connectivity index (χ3n) is 7.98. The molecule has 8 aromatic rings. The molecule has 8 rings (SSSR count). The maximum Gasteiger partial charge on any atom is 0.0641 e. The van der Waals surface area contributed by atoms with Gasteiger partial charge in [0.2, 0.25) is 0 Å². The summed E-state index contributed by atoms with van der Waals surface area (Å²) >= 11 is 0. The fourth-order valence-corrected chi connectivity index (χ4v) is 6.19. The van der Waals surface area contributed by atoms with E-state index in [1.807, 2.05) is 0 Å². The normalized spacial score (nSPS) is 11.7. The van der Waals surface area contributed by atoms with Crippen molar-refractivity contribution in [1.82, 2.24) is 9.13 Å². The molecule has 2 nitrogen and oxygen atoms in total. The molecule has 2 heteroatoms. The van der Waals surface area contributed by atoms with Crippen molar-refractivity contribution < 1.29 is 0 Å². The minimum Gasteiger partial charge on any atom is -0.309 e. The van der Waals surface area contributed by atoms with Gasteiger partial charge in [-0.05, 0) is 66.6 Å². The molecule has 184 valence electrons. The van der Waals surface area contributed by atoms with E-state index in [-0.39, 0.29) is 0 Å². The highest BCUT2D eigenvalue weighted by Crippen LogP contribution is 2.42. The van der Waals surface area contributed by atoms with Crippen molar-refractivity contribution in [2.75, 3.05) is 0 Å². The van der Waals surface area contributed by atoms with Crippen LogP contribution in [0.15, 0.2) is 140 Å². The summed E-state index contributed by atoms with van der Waals surface area (Å²) in [4.78, 5) is 0. The summed E-state index contributed by atoms with van der Waals surface area (Å²) in [6.07, 6.45) is 0. The summed E-state index contributed by atoms with van der Waals surface area (Å²) in [5.41, 5.74) is 11.0. The van der Waals surface area contributed by atoms with Gasteiger partial charge in [-0.3, -0.25) is 0 Å². The van der Waals surface area contributed by atoms with Gasteiger partial charge in [0.25, 0.3) is 0 Å².